The summed E-state index contributed by atoms with van der Waals surface area (Å²) >= 11 is 0. The number of nitrogens with one attached hydrogen (secondary N) is 1. The molecule has 1 saturated carbocycles. The van der Waals surface area contributed by atoms with Crippen molar-refractivity contribution in [3.05, 3.63) is 78.0 Å². The molecule has 0 spiro atoms. The van der Waals surface area contributed by atoms with Crippen LogP contribution in [0.4, 0.5) is 10.2 Å². The number of hydrogen-bond acceptors (Lipinski definition) is 6. The molecule has 0 atom stereocenters. The summed E-state index contributed by atoms with van der Waals surface area (Å²) in [6.07, 6.45) is 7.84. The highest BCUT2D eigenvalue weighted by Crippen LogP contribution is 2.41. The Hall–Kier alpha value is -3.68. The number of aromatic nitrogens is 2. The van der Waals surface area contributed by atoms with Gasteiger partial charge in [-0.1, -0.05) is 12.7 Å². The summed E-state index contributed by atoms with van der Waals surface area (Å²) in [5, 5.41) is 11.7. The molecule has 3 rings (SSSR count). The molecular weight excluding hydrogens is 385 g/mol. The fourth-order valence-corrected chi connectivity index (χ4v) is 3.25. The third kappa shape index (κ3) is 4.32. The van der Waals surface area contributed by atoms with Gasteiger partial charge in [0, 0.05) is 17.3 Å². The van der Waals surface area contributed by atoms with Crippen LogP contribution in [0.1, 0.15) is 29.6 Å². The Morgan fingerprint density at radius 2 is 2.03 bits per heavy atom. The second-order valence-corrected chi connectivity index (χ2v) is 7.06. The molecule has 1 amide bonds. The largest absolute Gasteiger partial charge is 0.495 e. The van der Waals surface area contributed by atoms with Crippen molar-refractivity contribution >= 4 is 11.7 Å². The standard InChI is InChI=1S/C22H24FN5O2/c1-14(4-6-16(13-24)30-2)22(10-3-11-22)26-20-9-8-19(27-28-20)17-12-15(21(25)29)5-7-18(17)23/h4-9,12-13H,1,3,10-11,24H2,2H3,(H2,25,29)(H,26,28)/b6-4-,16-13+. The van der Waals surface area contributed by atoms with E-state index < -0.39 is 11.7 Å². The van der Waals surface area contributed by atoms with E-state index in [4.69, 9.17) is 16.2 Å². The van der Waals surface area contributed by atoms with Crippen molar-refractivity contribution in [3.8, 4) is 11.3 Å². The summed E-state index contributed by atoms with van der Waals surface area (Å²) < 4.78 is 19.3. The average molecular weight is 409 g/mol. The quantitative estimate of drug-likeness (QED) is 0.455. The maximum Gasteiger partial charge on any atom is 0.248 e. The number of methoxy groups -OCH3 is 1. The second kappa shape index (κ2) is 8.77. The zero-order valence-corrected chi connectivity index (χ0v) is 16.7. The number of halogens is 1. The number of primary amides is 1. The molecule has 0 saturated heterocycles. The fraction of sp³-hybridized carbons (Fsp3) is 0.227. The molecule has 1 aliphatic carbocycles. The topological polar surface area (TPSA) is 116 Å². The van der Waals surface area contributed by atoms with Crippen LogP contribution in [-0.2, 0) is 4.74 Å². The Morgan fingerprint density at radius 1 is 1.27 bits per heavy atom. The number of amides is 1. The monoisotopic (exact) mass is 409 g/mol. The number of carbonyl (C=O) groups excluding carboxylic acids is 1. The first kappa shape index (κ1) is 21.0. The van der Waals surface area contributed by atoms with Crippen molar-refractivity contribution in [1.29, 1.82) is 0 Å². The number of benzene rings is 1. The van der Waals surface area contributed by atoms with Crippen molar-refractivity contribution in [2.75, 3.05) is 12.4 Å². The predicted octanol–water partition coefficient (Wildman–Crippen LogP) is 3.28. The molecule has 156 valence electrons. The van der Waals surface area contributed by atoms with E-state index in [0.29, 0.717) is 17.3 Å². The van der Waals surface area contributed by atoms with Gasteiger partial charge >= 0.3 is 0 Å². The number of allylic oxidation sites excluding steroid dienone is 1. The number of hydrogen-bond donors (Lipinski definition) is 3. The number of nitrogens with two attached hydrogens (primary N) is 2. The maximum absolute atomic E-state index is 14.2. The number of ether oxygens (including phenoxy) is 1. The highest BCUT2D eigenvalue weighted by molar-refractivity contribution is 5.94. The molecule has 8 heteroatoms. The minimum atomic E-state index is -0.637. The summed E-state index contributed by atoms with van der Waals surface area (Å²) in [4.78, 5) is 11.4. The van der Waals surface area contributed by atoms with E-state index in [9.17, 15) is 9.18 Å². The van der Waals surface area contributed by atoms with Gasteiger partial charge in [0.15, 0.2) is 0 Å². The molecule has 0 bridgehead atoms. The van der Waals surface area contributed by atoms with Gasteiger partial charge in [0.2, 0.25) is 5.91 Å². The smallest absolute Gasteiger partial charge is 0.248 e. The van der Waals surface area contributed by atoms with E-state index >= 15 is 0 Å². The molecule has 1 aliphatic rings. The molecule has 0 unspecified atom stereocenters. The Labute approximate surface area is 174 Å². The van der Waals surface area contributed by atoms with Crippen LogP contribution in [0, 0.1) is 5.82 Å². The lowest BCUT2D eigenvalue weighted by Crippen LogP contribution is -2.46. The first-order chi connectivity index (χ1) is 14.4. The number of carbonyl (C=O) groups is 1. The average Bonchev–Trinajstić information content (AvgIpc) is 2.72. The van der Waals surface area contributed by atoms with Crippen molar-refractivity contribution in [2.45, 2.75) is 24.8 Å². The predicted molar refractivity (Wildman–Crippen MR) is 114 cm³/mol. The molecule has 0 aliphatic heterocycles. The van der Waals surface area contributed by atoms with E-state index in [0.717, 1.165) is 24.8 Å². The Bertz CT molecular complexity index is 1010. The molecule has 5 N–H and O–H groups in total. The lowest BCUT2D eigenvalue weighted by molar-refractivity contribution is 0.100. The molecule has 2 aromatic rings. The molecule has 0 radical (unpaired) electrons. The molecule has 1 heterocycles. The van der Waals surface area contributed by atoms with Crippen LogP contribution in [0.25, 0.3) is 11.3 Å². The van der Waals surface area contributed by atoms with Gasteiger partial charge in [-0.25, -0.2) is 4.39 Å². The van der Waals surface area contributed by atoms with Crippen LogP contribution in [0.5, 0.6) is 0 Å². The Morgan fingerprint density at radius 3 is 2.57 bits per heavy atom. The Kier molecular flexibility index (Phi) is 6.15. The second-order valence-electron chi connectivity index (χ2n) is 7.06. The van der Waals surface area contributed by atoms with Gasteiger partial charge in [0.05, 0.1) is 18.3 Å². The van der Waals surface area contributed by atoms with Crippen molar-refractivity contribution in [3.63, 3.8) is 0 Å². The normalized spacial score (nSPS) is 15.5. The zero-order valence-electron chi connectivity index (χ0n) is 16.7. The van der Waals surface area contributed by atoms with E-state index in [1.165, 1.54) is 24.4 Å². The van der Waals surface area contributed by atoms with Crippen molar-refractivity contribution in [2.24, 2.45) is 11.5 Å². The third-order valence-electron chi connectivity index (χ3n) is 5.23. The van der Waals surface area contributed by atoms with Crippen LogP contribution in [-0.4, -0.2) is 28.8 Å². The summed E-state index contributed by atoms with van der Waals surface area (Å²) in [5.74, 6) is -0.0659. The SMILES string of the molecule is C=C(/C=C\C(=C/N)OC)C1(Nc2ccc(-c3cc(C(N)=O)ccc3F)nn2)CCC1. The van der Waals surface area contributed by atoms with Gasteiger partial charge in [0.1, 0.15) is 17.4 Å². The summed E-state index contributed by atoms with van der Waals surface area (Å²) in [5.41, 5.74) is 12.0. The van der Waals surface area contributed by atoms with Gasteiger partial charge < -0.3 is 21.5 Å². The Balaban J connectivity index is 1.79. The summed E-state index contributed by atoms with van der Waals surface area (Å²) in [7, 11) is 1.54. The molecule has 7 nitrogen and oxygen atoms in total. The molecule has 30 heavy (non-hydrogen) atoms. The number of nitrogens with zero attached hydrogens (tertiary/aromatic N) is 2. The third-order valence-corrected chi connectivity index (χ3v) is 5.23. The van der Waals surface area contributed by atoms with Gasteiger partial charge in [-0.2, -0.15) is 0 Å². The van der Waals surface area contributed by atoms with Crippen LogP contribution < -0.4 is 16.8 Å². The van der Waals surface area contributed by atoms with E-state index in [2.05, 4.69) is 22.1 Å². The molecular formula is C22H24FN5O2. The van der Waals surface area contributed by atoms with Gasteiger partial charge in [0.25, 0.3) is 0 Å². The number of anilines is 1. The van der Waals surface area contributed by atoms with Crippen molar-refractivity contribution < 1.29 is 13.9 Å². The van der Waals surface area contributed by atoms with Gasteiger partial charge in [-0.15, -0.1) is 10.2 Å². The van der Waals surface area contributed by atoms with Crippen LogP contribution in [0.2, 0.25) is 0 Å². The first-order valence-electron chi connectivity index (χ1n) is 9.43. The van der Waals surface area contributed by atoms with Crippen LogP contribution >= 0.6 is 0 Å². The van der Waals surface area contributed by atoms with Gasteiger partial charge in [-0.05, 0) is 61.2 Å². The molecule has 1 fully saturated rings. The van der Waals surface area contributed by atoms with Crippen LogP contribution in [0.15, 0.2) is 66.6 Å². The highest BCUT2D eigenvalue weighted by atomic mass is 19.1. The maximum atomic E-state index is 14.2. The lowest BCUT2D eigenvalue weighted by atomic mass is 9.71. The van der Waals surface area contributed by atoms with Gasteiger partial charge in [-0.3, -0.25) is 4.79 Å². The minimum absolute atomic E-state index is 0.164. The molecule has 1 aromatic carbocycles. The zero-order chi connectivity index (χ0) is 21.7. The first-order valence-corrected chi connectivity index (χ1v) is 9.43. The highest BCUT2D eigenvalue weighted by Gasteiger charge is 2.39. The lowest BCUT2D eigenvalue weighted by Gasteiger charge is -2.43. The summed E-state index contributed by atoms with van der Waals surface area (Å²) in [6, 6.07) is 7.25. The van der Waals surface area contributed by atoms with E-state index in [1.807, 2.05) is 6.08 Å². The summed E-state index contributed by atoms with van der Waals surface area (Å²) in [6.45, 7) is 4.17. The van der Waals surface area contributed by atoms with Crippen LogP contribution in [0.3, 0.4) is 0 Å². The van der Waals surface area contributed by atoms with Crippen molar-refractivity contribution in [1.82, 2.24) is 10.2 Å². The fourth-order valence-electron chi connectivity index (χ4n) is 3.25. The van der Waals surface area contributed by atoms with E-state index in [-0.39, 0.29) is 16.7 Å². The molecule has 1 aromatic heterocycles. The number of rotatable bonds is 8. The van der Waals surface area contributed by atoms with E-state index in [1.54, 1.807) is 25.3 Å². The minimum Gasteiger partial charge on any atom is -0.495 e.